The fraction of sp³-hybridized carbons (Fsp3) is 0.556. The summed E-state index contributed by atoms with van der Waals surface area (Å²) >= 11 is 0. The van der Waals surface area contributed by atoms with E-state index in [0.29, 0.717) is 13.0 Å². The first-order valence-electron chi connectivity index (χ1n) is 8.13. The molecule has 1 fully saturated rings. The number of carbonyl (C=O) groups excluding carboxylic acids is 2. The number of hydrogen-bond donors (Lipinski definition) is 0. The zero-order valence-corrected chi connectivity index (χ0v) is 13.3. The molecule has 0 spiro atoms. The fourth-order valence-corrected chi connectivity index (χ4v) is 3.02. The molecular weight excluding hydrogens is 278 g/mol. The van der Waals surface area contributed by atoms with Crippen LogP contribution in [0.25, 0.3) is 0 Å². The lowest BCUT2D eigenvalue weighted by Crippen LogP contribution is -2.40. The fourth-order valence-electron chi connectivity index (χ4n) is 3.02. The van der Waals surface area contributed by atoms with Gasteiger partial charge < -0.3 is 9.64 Å². The highest BCUT2D eigenvalue weighted by molar-refractivity contribution is 5.85. The Morgan fingerprint density at radius 3 is 2.68 bits per heavy atom. The number of methoxy groups -OCH3 is 1. The van der Waals surface area contributed by atoms with Crippen LogP contribution in [0.4, 0.5) is 0 Å². The van der Waals surface area contributed by atoms with E-state index in [2.05, 4.69) is 24.3 Å². The van der Waals surface area contributed by atoms with Gasteiger partial charge in [0.25, 0.3) is 0 Å². The largest absolute Gasteiger partial charge is 0.467 e. The second kappa shape index (κ2) is 8.57. The average Bonchev–Trinajstić information content (AvgIpc) is 3.04. The predicted octanol–water partition coefficient (Wildman–Crippen LogP) is 2.95. The van der Waals surface area contributed by atoms with Crippen molar-refractivity contribution in [1.82, 2.24) is 4.90 Å². The molecule has 1 atom stereocenters. The van der Waals surface area contributed by atoms with Crippen molar-refractivity contribution in [3.8, 4) is 0 Å². The summed E-state index contributed by atoms with van der Waals surface area (Å²) in [6.45, 7) is 0.683. The summed E-state index contributed by atoms with van der Waals surface area (Å²) in [5.74, 6) is -0.192. The molecule has 0 saturated carbocycles. The third kappa shape index (κ3) is 4.58. The molecular formula is C18H25NO3. The summed E-state index contributed by atoms with van der Waals surface area (Å²) < 4.78 is 4.77. The van der Waals surface area contributed by atoms with E-state index in [9.17, 15) is 9.59 Å². The lowest BCUT2D eigenvalue weighted by atomic mass is 10.1. The van der Waals surface area contributed by atoms with Crippen LogP contribution in [0.1, 0.15) is 44.1 Å². The van der Waals surface area contributed by atoms with E-state index in [1.807, 2.05) is 6.07 Å². The second-order valence-electron chi connectivity index (χ2n) is 5.81. The molecule has 1 heterocycles. The summed E-state index contributed by atoms with van der Waals surface area (Å²) in [5, 5.41) is 0. The van der Waals surface area contributed by atoms with Crippen LogP contribution >= 0.6 is 0 Å². The Kier molecular flexibility index (Phi) is 6.44. The molecule has 1 saturated heterocycles. The monoisotopic (exact) mass is 303 g/mol. The van der Waals surface area contributed by atoms with E-state index >= 15 is 0 Å². The van der Waals surface area contributed by atoms with Gasteiger partial charge in [0, 0.05) is 13.0 Å². The SMILES string of the molecule is COC(=O)[C@@H]1CCCN1C(=O)CCCCCc1ccccc1. The van der Waals surface area contributed by atoms with Gasteiger partial charge in [-0.05, 0) is 37.7 Å². The maximum Gasteiger partial charge on any atom is 0.328 e. The highest BCUT2D eigenvalue weighted by Crippen LogP contribution is 2.20. The number of aryl methyl sites for hydroxylation is 1. The van der Waals surface area contributed by atoms with Gasteiger partial charge in [-0.2, -0.15) is 0 Å². The quantitative estimate of drug-likeness (QED) is 0.575. The normalized spacial score (nSPS) is 17.5. The van der Waals surface area contributed by atoms with Gasteiger partial charge in [-0.3, -0.25) is 4.79 Å². The van der Waals surface area contributed by atoms with Crippen molar-refractivity contribution in [2.45, 2.75) is 51.0 Å². The summed E-state index contributed by atoms with van der Waals surface area (Å²) in [7, 11) is 1.38. The predicted molar refractivity (Wildman–Crippen MR) is 85.4 cm³/mol. The van der Waals surface area contributed by atoms with Gasteiger partial charge >= 0.3 is 5.97 Å². The molecule has 1 aliphatic rings. The van der Waals surface area contributed by atoms with Crippen molar-refractivity contribution in [2.75, 3.05) is 13.7 Å². The van der Waals surface area contributed by atoms with Crippen LogP contribution in [0.2, 0.25) is 0 Å². The van der Waals surface area contributed by atoms with Crippen molar-refractivity contribution in [2.24, 2.45) is 0 Å². The summed E-state index contributed by atoms with van der Waals surface area (Å²) in [4.78, 5) is 25.6. The number of likely N-dealkylation sites (tertiary alicyclic amines) is 1. The van der Waals surface area contributed by atoms with Gasteiger partial charge in [-0.25, -0.2) is 4.79 Å². The number of carbonyl (C=O) groups is 2. The smallest absolute Gasteiger partial charge is 0.328 e. The highest BCUT2D eigenvalue weighted by atomic mass is 16.5. The number of rotatable bonds is 7. The van der Waals surface area contributed by atoms with Crippen LogP contribution < -0.4 is 0 Å². The summed E-state index contributed by atoms with van der Waals surface area (Å²) in [5.41, 5.74) is 1.35. The number of nitrogens with zero attached hydrogens (tertiary/aromatic N) is 1. The van der Waals surface area contributed by atoms with E-state index in [1.54, 1.807) is 4.90 Å². The highest BCUT2D eigenvalue weighted by Gasteiger charge is 2.34. The van der Waals surface area contributed by atoms with Gasteiger partial charge in [-0.15, -0.1) is 0 Å². The number of benzene rings is 1. The number of unbranched alkanes of at least 4 members (excludes halogenated alkanes) is 2. The molecule has 4 heteroatoms. The van der Waals surface area contributed by atoms with E-state index in [0.717, 1.165) is 38.5 Å². The lowest BCUT2D eigenvalue weighted by Gasteiger charge is -2.22. The number of hydrogen-bond acceptors (Lipinski definition) is 3. The lowest BCUT2D eigenvalue weighted by molar-refractivity contribution is -0.151. The molecule has 1 aliphatic heterocycles. The Balaban J connectivity index is 1.66. The molecule has 0 aliphatic carbocycles. The minimum absolute atomic E-state index is 0.0904. The van der Waals surface area contributed by atoms with Crippen molar-refractivity contribution in [1.29, 1.82) is 0 Å². The van der Waals surface area contributed by atoms with Crippen LogP contribution in [0, 0.1) is 0 Å². The molecule has 0 aromatic heterocycles. The van der Waals surface area contributed by atoms with Crippen LogP contribution in [0.3, 0.4) is 0 Å². The van der Waals surface area contributed by atoms with Crippen LogP contribution in [0.15, 0.2) is 30.3 Å². The molecule has 1 aromatic rings. The Labute approximate surface area is 132 Å². The van der Waals surface area contributed by atoms with Crippen molar-refractivity contribution < 1.29 is 14.3 Å². The molecule has 0 radical (unpaired) electrons. The Morgan fingerprint density at radius 2 is 1.95 bits per heavy atom. The molecule has 0 bridgehead atoms. The van der Waals surface area contributed by atoms with E-state index in [4.69, 9.17) is 4.74 Å². The zero-order valence-electron chi connectivity index (χ0n) is 13.3. The zero-order chi connectivity index (χ0) is 15.8. The average molecular weight is 303 g/mol. The Hall–Kier alpha value is -1.84. The molecule has 2 rings (SSSR count). The summed E-state index contributed by atoms with van der Waals surface area (Å²) in [6.07, 6.45) is 6.23. The van der Waals surface area contributed by atoms with Crippen molar-refractivity contribution in [3.05, 3.63) is 35.9 Å². The summed E-state index contributed by atoms with van der Waals surface area (Å²) in [6, 6.07) is 10.0. The number of amides is 1. The molecule has 0 unspecified atom stereocenters. The maximum atomic E-state index is 12.2. The minimum Gasteiger partial charge on any atom is -0.467 e. The minimum atomic E-state index is -0.359. The van der Waals surface area contributed by atoms with Crippen molar-refractivity contribution in [3.63, 3.8) is 0 Å². The maximum absolute atomic E-state index is 12.2. The standard InChI is InChI=1S/C18H25NO3/c1-22-18(21)16-12-8-14-19(16)17(20)13-7-3-6-11-15-9-4-2-5-10-15/h2,4-5,9-10,16H,3,6-8,11-14H2,1H3/t16-/m0/s1. The molecule has 1 aromatic carbocycles. The first-order chi connectivity index (χ1) is 10.7. The van der Waals surface area contributed by atoms with Crippen LogP contribution in [-0.4, -0.2) is 36.5 Å². The van der Waals surface area contributed by atoms with Gasteiger partial charge in [0.05, 0.1) is 7.11 Å². The van der Waals surface area contributed by atoms with Gasteiger partial charge in [-0.1, -0.05) is 36.8 Å². The third-order valence-corrected chi connectivity index (χ3v) is 4.25. The second-order valence-corrected chi connectivity index (χ2v) is 5.81. The Bertz CT molecular complexity index is 486. The third-order valence-electron chi connectivity index (χ3n) is 4.25. The molecule has 22 heavy (non-hydrogen) atoms. The van der Waals surface area contributed by atoms with E-state index in [1.165, 1.54) is 12.7 Å². The number of esters is 1. The molecule has 120 valence electrons. The van der Waals surface area contributed by atoms with E-state index < -0.39 is 0 Å². The number of ether oxygens (including phenoxy) is 1. The molecule has 4 nitrogen and oxygen atoms in total. The van der Waals surface area contributed by atoms with Gasteiger partial charge in [0.2, 0.25) is 5.91 Å². The molecule has 1 amide bonds. The first-order valence-corrected chi connectivity index (χ1v) is 8.13. The van der Waals surface area contributed by atoms with Gasteiger partial charge in [0.15, 0.2) is 0 Å². The van der Waals surface area contributed by atoms with Crippen molar-refractivity contribution >= 4 is 11.9 Å². The topological polar surface area (TPSA) is 46.6 Å². The first kappa shape index (κ1) is 16.5. The van der Waals surface area contributed by atoms with Crippen LogP contribution in [-0.2, 0) is 20.7 Å². The molecule has 0 N–H and O–H groups in total. The Morgan fingerprint density at radius 1 is 1.18 bits per heavy atom. The van der Waals surface area contributed by atoms with Gasteiger partial charge in [0.1, 0.15) is 6.04 Å². The van der Waals surface area contributed by atoms with Crippen LogP contribution in [0.5, 0.6) is 0 Å². The van der Waals surface area contributed by atoms with E-state index in [-0.39, 0.29) is 17.9 Å².